The third-order valence-electron chi connectivity index (χ3n) is 4.90. The molecule has 1 aliphatic carbocycles. The molecule has 0 aromatic carbocycles. The molecule has 0 spiro atoms. The lowest BCUT2D eigenvalue weighted by atomic mass is 9.38. The lowest BCUT2D eigenvalue weighted by molar-refractivity contribution is 0.599. The second-order valence-electron chi connectivity index (χ2n) is 6.90. The van der Waals surface area contributed by atoms with Gasteiger partial charge < -0.3 is 0 Å². The van der Waals surface area contributed by atoms with E-state index in [0.717, 1.165) is 6.71 Å². The average molecular weight is 288 g/mol. The first-order chi connectivity index (χ1) is 10.3. The second-order valence-corrected chi connectivity index (χ2v) is 6.90. The minimum atomic E-state index is 0.825. The fourth-order valence-corrected chi connectivity index (χ4v) is 3.46. The molecule has 0 saturated heterocycles. The molecule has 0 bridgehead atoms. The van der Waals surface area contributed by atoms with Crippen molar-refractivity contribution in [3.05, 3.63) is 16.8 Å². The zero-order valence-electron chi connectivity index (χ0n) is 15.0. The summed E-state index contributed by atoms with van der Waals surface area (Å²) in [5.41, 5.74) is 7.28. The zero-order valence-corrected chi connectivity index (χ0v) is 15.0. The molecule has 0 unspecified atom stereocenters. The topological polar surface area (TPSA) is 0 Å². The number of unbranched alkanes of at least 4 members (excludes halogenated alkanes) is 3. The predicted octanol–water partition coefficient (Wildman–Crippen LogP) is 7.23. The molecule has 1 rings (SSSR count). The van der Waals surface area contributed by atoms with Gasteiger partial charge in [0.05, 0.1) is 0 Å². The molecule has 21 heavy (non-hydrogen) atoms. The van der Waals surface area contributed by atoms with E-state index in [2.05, 4.69) is 26.5 Å². The van der Waals surface area contributed by atoms with Crippen LogP contribution in [0.15, 0.2) is 16.8 Å². The van der Waals surface area contributed by atoms with Crippen molar-refractivity contribution >= 4 is 6.71 Å². The first kappa shape index (κ1) is 18.6. The molecular formula is C20H37B. The quantitative estimate of drug-likeness (QED) is 0.294. The average Bonchev–Trinajstić information content (AvgIpc) is 2.53. The van der Waals surface area contributed by atoms with Gasteiger partial charge in [0.1, 0.15) is 0 Å². The van der Waals surface area contributed by atoms with Crippen LogP contribution in [-0.4, -0.2) is 6.71 Å². The van der Waals surface area contributed by atoms with Crippen LogP contribution in [0.25, 0.3) is 0 Å². The van der Waals surface area contributed by atoms with E-state index < -0.39 is 0 Å². The summed E-state index contributed by atoms with van der Waals surface area (Å²) in [6, 6.07) is 0. The Morgan fingerprint density at radius 3 is 1.95 bits per heavy atom. The van der Waals surface area contributed by atoms with Crippen LogP contribution in [0.1, 0.15) is 97.8 Å². The Bertz CT molecular complexity index is 307. The van der Waals surface area contributed by atoms with Crippen molar-refractivity contribution < 1.29 is 0 Å². The molecule has 0 atom stereocenters. The Morgan fingerprint density at radius 2 is 1.43 bits per heavy atom. The summed E-state index contributed by atoms with van der Waals surface area (Å²) in [6.07, 6.45) is 19.1. The highest BCUT2D eigenvalue weighted by Gasteiger charge is 2.18. The molecular weight excluding hydrogens is 251 g/mol. The van der Waals surface area contributed by atoms with Crippen LogP contribution < -0.4 is 0 Å². The minimum Gasteiger partial charge on any atom is -0.132 e. The fraction of sp³-hybridized carbons (Fsp3) is 0.850. The van der Waals surface area contributed by atoms with E-state index in [0.29, 0.717) is 0 Å². The highest BCUT2D eigenvalue weighted by molar-refractivity contribution is 6.66. The third kappa shape index (κ3) is 7.96. The van der Waals surface area contributed by atoms with E-state index in [-0.39, 0.29) is 0 Å². The molecule has 0 amide bonds. The second kappa shape index (κ2) is 12.2. The molecule has 0 N–H and O–H groups in total. The summed E-state index contributed by atoms with van der Waals surface area (Å²) in [4.78, 5) is 0. The summed E-state index contributed by atoms with van der Waals surface area (Å²) < 4.78 is 0. The maximum Gasteiger partial charge on any atom is 0.180 e. The normalized spacial score (nSPS) is 14.9. The Labute approximate surface area is 134 Å². The maximum absolute atomic E-state index is 3.94. The van der Waals surface area contributed by atoms with Crippen LogP contribution in [0.3, 0.4) is 0 Å². The highest BCUT2D eigenvalue weighted by Crippen LogP contribution is 2.26. The fourth-order valence-electron chi connectivity index (χ4n) is 3.46. The molecule has 120 valence electrons. The van der Waals surface area contributed by atoms with Gasteiger partial charge in [-0.05, 0) is 37.7 Å². The van der Waals surface area contributed by atoms with Crippen LogP contribution in [0.5, 0.6) is 0 Å². The monoisotopic (exact) mass is 288 g/mol. The molecule has 1 fully saturated rings. The Hall–Kier alpha value is -0.415. The molecule has 1 aliphatic rings. The van der Waals surface area contributed by atoms with Gasteiger partial charge in [-0.3, -0.25) is 0 Å². The summed E-state index contributed by atoms with van der Waals surface area (Å²) in [6.45, 7) is 7.79. The third-order valence-corrected chi connectivity index (χ3v) is 4.90. The van der Waals surface area contributed by atoms with Crippen molar-refractivity contribution in [2.24, 2.45) is 0 Å². The predicted molar refractivity (Wildman–Crippen MR) is 98.3 cm³/mol. The van der Waals surface area contributed by atoms with Crippen molar-refractivity contribution in [2.45, 2.75) is 110 Å². The van der Waals surface area contributed by atoms with Gasteiger partial charge in [0, 0.05) is 0 Å². The highest BCUT2D eigenvalue weighted by atomic mass is 14.1. The van der Waals surface area contributed by atoms with Gasteiger partial charge >= 0.3 is 0 Å². The SMILES string of the molecule is CCCCB(CCCC)C(=C=C1CCCCC1)CCCC. The van der Waals surface area contributed by atoms with Crippen LogP contribution in [0.2, 0.25) is 12.6 Å². The molecule has 0 heterocycles. The maximum atomic E-state index is 3.94. The molecule has 0 aromatic heterocycles. The number of rotatable bonds is 10. The lowest BCUT2D eigenvalue weighted by Gasteiger charge is -2.17. The largest absolute Gasteiger partial charge is 0.180 e. The van der Waals surface area contributed by atoms with Crippen LogP contribution in [0.4, 0.5) is 0 Å². The van der Waals surface area contributed by atoms with Gasteiger partial charge in [0.2, 0.25) is 0 Å². The van der Waals surface area contributed by atoms with Gasteiger partial charge in [0.15, 0.2) is 6.71 Å². The summed E-state index contributed by atoms with van der Waals surface area (Å²) in [5.74, 6) is 0. The van der Waals surface area contributed by atoms with Crippen LogP contribution >= 0.6 is 0 Å². The Kier molecular flexibility index (Phi) is 10.8. The Balaban J connectivity index is 2.85. The van der Waals surface area contributed by atoms with E-state index >= 15 is 0 Å². The molecule has 1 heteroatoms. The van der Waals surface area contributed by atoms with Crippen molar-refractivity contribution in [2.75, 3.05) is 0 Å². The standard InChI is InChI=1S/C20H37B/c1-4-7-15-20(18-19-13-11-10-12-14-19)21(16-8-5-2)17-9-6-3/h4-17H2,1-3H3. The number of hydrogen-bond acceptors (Lipinski definition) is 0. The summed E-state index contributed by atoms with van der Waals surface area (Å²) in [5, 5.41) is 0. The van der Waals surface area contributed by atoms with E-state index in [1.165, 1.54) is 89.7 Å². The zero-order chi connectivity index (χ0) is 15.3. The molecule has 1 saturated carbocycles. The van der Waals surface area contributed by atoms with E-state index in [1.807, 2.05) is 0 Å². The smallest absolute Gasteiger partial charge is 0.132 e. The lowest BCUT2D eigenvalue weighted by Crippen LogP contribution is -2.16. The van der Waals surface area contributed by atoms with Gasteiger partial charge in [-0.1, -0.05) is 83.8 Å². The first-order valence-electron chi connectivity index (χ1n) is 9.79. The Morgan fingerprint density at radius 1 is 0.857 bits per heavy atom. The van der Waals surface area contributed by atoms with Gasteiger partial charge in [-0.15, -0.1) is 5.73 Å². The van der Waals surface area contributed by atoms with Crippen molar-refractivity contribution in [3.8, 4) is 0 Å². The van der Waals surface area contributed by atoms with Gasteiger partial charge in [0.25, 0.3) is 0 Å². The molecule has 0 aliphatic heterocycles. The number of hydrogen-bond donors (Lipinski definition) is 0. The van der Waals surface area contributed by atoms with E-state index in [4.69, 9.17) is 0 Å². The summed E-state index contributed by atoms with van der Waals surface area (Å²) >= 11 is 0. The van der Waals surface area contributed by atoms with Crippen LogP contribution in [-0.2, 0) is 0 Å². The van der Waals surface area contributed by atoms with Crippen molar-refractivity contribution in [3.63, 3.8) is 0 Å². The minimum absolute atomic E-state index is 0.825. The first-order valence-corrected chi connectivity index (χ1v) is 9.79. The van der Waals surface area contributed by atoms with Crippen LogP contribution in [0, 0.1) is 0 Å². The number of allylic oxidation sites excluding steroid dienone is 1. The molecule has 0 nitrogen and oxygen atoms in total. The van der Waals surface area contributed by atoms with Gasteiger partial charge in [-0.25, -0.2) is 0 Å². The molecule has 0 radical (unpaired) electrons. The van der Waals surface area contributed by atoms with Gasteiger partial charge in [-0.2, -0.15) is 0 Å². The van der Waals surface area contributed by atoms with Crippen molar-refractivity contribution in [1.29, 1.82) is 0 Å². The van der Waals surface area contributed by atoms with Crippen molar-refractivity contribution in [1.82, 2.24) is 0 Å². The van der Waals surface area contributed by atoms with E-state index in [9.17, 15) is 0 Å². The van der Waals surface area contributed by atoms with E-state index in [1.54, 1.807) is 11.0 Å². The summed E-state index contributed by atoms with van der Waals surface area (Å²) in [7, 11) is 0. The molecule has 0 aromatic rings.